The quantitative estimate of drug-likeness (QED) is 0.334. The predicted octanol–water partition coefficient (Wildman–Crippen LogP) is 5.40. The third-order valence-electron chi connectivity index (χ3n) is 5.13. The van der Waals surface area contributed by atoms with Gasteiger partial charge in [0.05, 0.1) is 18.8 Å². The number of carbonyl (C=O) groups is 1. The maximum Gasteiger partial charge on any atom is 0.305 e. The van der Waals surface area contributed by atoms with Gasteiger partial charge < -0.3 is 19.4 Å². The lowest BCUT2D eigenvalue weighted by Gasteiger charge is -2.25. The molecule has 1 fully saturated rings. The first kappa shape index (κ1) is 22.6. The third kappa shape index (κ3) is 5.26. The van der Waals surface area contributed by atoms with Crippen molar-refractivity contribution < 1.29 is 13.9 Å². The maximum absolute atomic E-state index is 11.6. The summed E-state index contributed by atoms with van der Waals surface area (Å²) in [5.74, 6) is 0.545. The number of aromatic nitrogens is 1. The average Bonchev–Trinajstić information content (AvgIpc) is 3.40. The van der Waals surface area contributed by atoms with Gasteiger partial charge in [-0.15, -0.1) is 0 Å². The molecular formula is C23H22ClN3O3S2. The van der Waals surface area contributed by atoms with E-state index >= 15 is 0 Å². The van der Waals surface area contributed by atoms with Crippen molar-refractivity contribution in [3.63, 3.8) is 0 Å². The number of nitrogens with one attached hydrogen (secondary N) is 1. The van der Waals surface area contributed by atoms with Crippen LogP contribution in [0.1, 0.15) is 36.4 Å². The third-order valence-corrected chi connectivity index (χ3v) is 6.66. The van der Waals surface area contributed by atoms with E-state index in [1.807, 2.05) is 54.6 Å². The van der Waals surface area contributed by atoms with Gasteiger partial charge in [-0.3, -0.25) is 9.78 Å². The summed E-state index contributed by atoms with van der Waals surface area (Å²) in [6.07, 6.45) is 2.71. The molecule has 0 saturated carbocycles. The minimum absolute atomic E-state index is 0.165. The van der Waals surface area contributed by atoms with Gasteiger partial charge in [-0.05, 0) is 67.2 Å². The molecule has 0 aliphatic carbocycles. The van der Waals surface area contributed by atoms with Crippen molar-refractivity contribution in [3.8, 4) is 0 Å². The van der Waals surface area contributed by atoms with E-state index in [-0.39, 0.29) is 18.1 Å². The zero-order chi connectivity index (χ0) is 22.5. The smallest absolute Gasteiger partial charge is 0.305 e. The molecule has 1 saturated heterocycles. The zero-order valence-electron chi connectivity index (χ0n) is 17.4. The van der Waals surface area contributed by atoms with Gasteiger partial charge in [-0.1, -0.05) is 29.4 Å². The maximum atomic E-state index is 11.6. The number of rotatable bonds is 8. The Morgan fingerprint density at radius 2 is 2.06 bits per heavy atom. The second-order valence-corrected chi connectivity index (χ2v) is 9.11. The Balaban J connectivity index is 1.58. The highest BCUT2D eigenvalue weighted by atomic mass is 35.5. The van der Waals surface area contributed by atoms with E-state index < -0.39 is 0 Å². The van der Waals surface area contributed by atoms with E-state index in [2.05, 4.69) is 15.2 Å². The van der Waals surface area contributed by atoms with Gasteiger partial charge >= 0.3 is 5.97 Å². The normalized spacial score (nSPS) is 17.9. The molecule has 3 heterocycles. The number of benzene rings is 1. The van der Waals surface area contributed by atoms with E-state index in [4.69, 9.17) is 33.0 Å². The van der Waals surface area contributed by atoms with Crippen LogP contribution < -0.4 is 5.32 Å². The van der Waals surface area contributed by atoms with Gasteiger partial charge in [0.2, 0.25) is 0 Å². The lowest BCUT2D eigenvalue weighted by atomic mass is 10.0. The van der Waals surface area contributed by atoms with Gasteiger partial charge in [0.25, 0.3) is 0 Å². The molecule has 0 radical (unpaired) electrons. The Hall–Kier alpha value is -2.55. The van der Waals surface area contributed by atoms with Crippen LogP contribution >= 0.6 is 35.6 Å². The summed E-state index contributed by atoms with van der Waals surface area (Å²) in [6.45, 7) is 0.593. The highest BCUT2D eigenvalue weighted by Crippen LogP contribution is 2.41. The largest absolute Gasteiger partial charge is 0.469 e. The van der Waals surface area contributed by atoms with Gasteiger partial charge in [0.15, 0.2) is 10.2 Å². The van der Waals surface area contributed by atoms with E-state index in [1.54, 1.807) is 6.20 Å². The highest BCUT2D eigenvalue weighted by molar-refractivity contribution is 7.99. The molecule has 0 unspecified atom stereocenters. The molecule has 1 N–H and O–H groups in total. The SMILES string of the molecule is COC(=O)CCCN1C(=S)N[C@H](c2ccccn2)[C@H]1c1ccc(Sc2ccc(Cl)cc2)o1. The predicted molar refractivity (Wildman–Crippen MR) is 128 cm³/mol. The van der Waals surface area contributed by atoms with Crippen molar-refractivity contribution in [2.24, 2.45) is 0 Å². The van der Waals surface area contributed by atoms with Crippen molar-refractivity contribution in [1.29, 1.82) is 0 Å². The molecular weight excluding hydrogens is 466 g/mol. The lowest BCUT2D eigenvalue weighted by Crippen LogP contribution is -2.30. The minimum Gasteiger partial charge on any atom is -0.469 e. The number of hydrogen-bond donors (Lipinski definition) is 1. The second kappa shape index (κ2) is 10.4. The monoisotopic (exact) mass is 487 g/mol. The summed E-state index contributed by atoms with van der Waals surface area (Å²) in [4.78, 5) is 19.2. The van der Waals surface area contributed by atoms with Gasteiger partial charge in [0.1, 0.15) is 11.8 Å². The number of hydrogen-bond acceptors (Lipinski definition) is 6. The van der Waals surface area contributed by atoms with Crippen LogP contribution in [0.15, 0.2) is 75.2 Å². The second-order valence-electron chi connectivity index (χ2n) is 7.21. The Kier molecular flexibility index (Phi) is 7.34. The molecule has 3 aromatic rings. The average molecular weight is 488 g/mol. The Bertz CT molecular complexity index is 1080. The molecule has 2 aromatic heterocycles. The molecule has 4 rings (SSSR count). The van der Waals surface area contributed by atoms with Gasteiger partial charge in [-0.25, -0.2) is 0 Å². The molecule has 0 amide bonds. The topological polar surface area (TPSA) is 67.6 Å². The summed E-state index contributed by atoms with van der Waals surface area (Å²) < 4.78 is 11.0. The highest BCUT2D eigenvalue weighted by Gasteiger charge is 2.41. The Morgan fingerprint density at radius 1 is 1.25 bits per heavy atom. The van der Waals surface area contributed by atoms with E-state index in [9.17, 15) is 4.79 Å². The standard InChI is InChI=1S/C23H22ClN3O3S2/c1-29-19(28)6-4-14-27-22(21(26-23(27)31)17-5-2-3-13-25-17)18-11-12-20(30-18)32-16-9-7-15(24)8-10-16/h2-3,5,7-13,21-22H,4,6,14H2,1H3,(H,26,31)/t21-,22-/m1/s1. The van der Waals surface area contributed by atoms with Crippen molar-refractivity contribution in [1.82, 2.24) is 15.2 Å². The molecule has 0 bridgehead atoms. The minimum atomic E-state index is -0.236. The molecule has 0 spiro atoms. The van der Waals surface area contributed by atoms with E-state index in [0.29, 0.717) is 29.5 Å². The molecule has 166 valence electrons. The number of halogens is 1. The number of esters is 1. The van der Waals surface area contributed by atoms with Crippen LogP contribution in [-0.2, 0) is 9.53 Å². The molecule has 1 aliphatic rings. The van der Waals surface area contributed by atoms with E-state index in [1.165, 1.54) is 18.9 Å². The van der Waals surface area contributed by atoms with Crippen molar-refractivity contribution >= 4 is 46.7 Å². The summed E-state index contributed by atoms with van der Waals surface area (Å²) >= 11 is 13.2. The van der Waals surface area contributed by atoms with Crippen LogP contribution in [0, 0.1) is 0 Å². The van der Waals surface area contributed by atoms with Crippen molar-refractivity contribution in [3.05, 3.63) is 77.3 Å². The van der Waals surface area contributed by atoms with Crippen molar-refractivity contribution in [2.45, 2.75) is 34.9 Å². The van der Waals surface area contributed by atoms with Gasteiger partial charge in [0, 0.05) is 29.1 Å². The fourth-order valence-electron chi connectivity index (χ4n) is 3.62. The van der Waals surface area contributed by atoms with Gasteiger partial charge in [-0.2, -0.15) is 0 Å². The fourth-order valence-corrected chi connectivity index (χ4v) is 4.85. The van der Waals surface area contributed by atoms with Crippen LogP contribution in [0.2, 0.25) is 5.02 Å². The van der Waals surface area contributed by atoms with Crippen LogP contribution in [-0.4, -0.2) is 34.6 Å². The number of furan rings is 1. The lowest BCUT2D eigenvalue weighted by molar-refractivity contribution is -0.140. The number of nitrogens with zero attached hydrogens (tertiary/aromatic N) is 2. The Morgan fingerprint density at radius 3 is 2.78 bits per heavy atom. The van der Waals surface area contributed by atoms with Crippen LogP contribution in [0.25, 0.3) is 0 Å². The van der Waals surface area contributed by atoms with E-state index in [0.717, 1.165) is 21.4 Å². The molecule has 32 heavy (non-hydrogen) atoms. The summed E-state index contributed by atoms with van der Waals surface area (Å²) in [6, 6.07) is 17.0. The molecule has 1 aliphatic heterocycles. The number of methoxy groups -OCH3 is 1. The first-order chi connectivity index (χ1) is 15.5. The summed E-state index contributed by atoms with van der Waals surface area (Å²) in [5.41, 5.74) is 0.874. The fraction of sp³-hybridized carbons (Fsp3) is 0.261. The van der Waals surface area contributed by atoms with Crippen molar-refractivity contribution in [2.75, 3.05) is 13.7 Å². The zero-order valence-corrected chi connectivity index (χ0v) is 19.8. The van der Waals surface area contributed by atoms with Crippen LogP contribution in [0.4, 0.5) is 0 Å². The number of ether oxygens (including phenoxy) is 1. The summed E-state index contributed by atoms with van der Waals surface area (Å²) in [5, 5.41) is 5.46. The molecule has 6 nitrogen and oxygen atoms in total. The summed E-state index contributed by atoms with van der Waals surface area (Å²) in [7, 11) is 1.40. The molecule has 1 aromatic carbocycles. The van der Waals surface area contributed by atoms with Crippen LogP contribution in [0.3, 0.4) is 0 Å². The Labute approximate surface area is 201 Å². The first-order valence-electron chi connectivity index (χ1n) is 10.1. The molecule has 9 heteroatoms. The number of carbonyl (C=O) groups excluding carboxylic acids is 1. The number of thiocarbonyl (C=S) groups is 1. The van der Waals surface area contributed by atoms with Crippen LogP contribution in [0.5, 0.6) is 0 Å². The number of pyridine rings is 1. The molecule has 2 atom stereocenters. The first-order valence-corrected chi connectivity index (χ1v) is 11.7.